The van der Waals surface area contributed by atoms with Crippen LogP contribution in [0.25, 0.3) is 10.9 Å². The molecule has 0 aliphatic heterocycles. The highest BCUT2D eigenvalue weighted by molar-refractivity contribution is 9.08. The summed E-state index contributed by atoms with van der Waals surface area (Å²) in [5, 5.41) is 1.82. The number of hydrogen-bond acceptors (Lipinski definition) is 1. The van der Waals surface area contributed by atoms with Gasteiger partial charge < -0.3 is 4.98 Å². The van der Waals surface area contributed by atoms with Crippen LogP contribution in [-0.2, 0) is 5.33 Å². The molecule has 0 aliphatic rings. The zero-order valence-electron chi connectivity index (χ0n) is 6.88. The first kappa shape index (κ1) is 8.51. The second-order valence-electron chi connectivity index (χ2n) is 2.88. The van der Waals surface area contributed by atoms with E-state index in [0.717, 1.165) is 28.1 Å². The van der Waals surface area contributed by atoms with Crippen LogP contribution in [0.4, 0.5) is 0 Å². The summed E-state index contributed by atoms with van der Waals surface area (Å²) in [5.41, 5.74) is 2.93. The number of carbonyl (C=O) groups excluding carboxylic acids is 1. The van der Waals surface area contributed by atoms with Gasteiger partial charge in [-0.05, 0) is 11.6 Å². The van der Waals surface area contributed by atoms with Crippen LogP contribution < -0.4 is 0 Å². The van der Waals surface area contributed by atoms with Crippen LogP contribution in [0.15, 0.2) is 24.4 Å². The lowest BCUT2D eigenvalue weighted by Crippen LogP contribution is -1.78. The maximum atomic E-state index is 10.6. The highest BCUT2D eigenvalue weighted by atomic mass is 79.9. The molecule has 2 aromatic rings. The predicted molar refractivity (Wildman–Crippen MR) is 56.3 cm³/mol. The highest BCUT2D eigenvalue weighted by Gasteiger charge is 2.02. The van der Waals surface area contributed by atoms with Crippen molar-refractivity contribution in [2.75, 3.05) is 0 Å². The zero-order valence-corrected chi connectivity index (χ0v) is 8.47. The summed E-state index contributed by atoms with van der Waals surface area (Å²) in [4.78, 5) is 13.7. The third-order valence-electron chi connectivity index (χ3n) is 2.06. The summed E-state index contributed by atoms with van der Waals surface area (Å²) in [6, 6.07) is 6.02. The summed E-state index contributed by atoms with van der Waals surface area (Å²) in [6.07, 6.45) is 2.60. The van der Waals surface area contributed by atoms with Gasteiger partial charge in [-0.3, -0.25) is 4.79 Å². The van der Waals surface area contributed by atoms with Crippen molar-refractivity contribution in [3.63, 3.8) is 0 Å². The van der Waals surface area contributed by atoms with Gasteiger partial charge in [0.2, 0.25) is 0 Å². The Bertz CT molecular complexity index is 447. The minimum Gasteiger partial charge on any atom is -0.360 e. The number of aromatic amines is 1. The Labute approximate surface area is 84.1 Å². The molecule has 1 N–H and O–H groups in total. The smallest absolute Gasteiger partial charge is 0.152 e. The minimum atomic E-state index is 0.719. The van der Waals surface area contributed by atoms with Crippen LogP contribution in [0.1, 0.15) is 15.9 Å². The molecular formula is C10H8BrNO. The largest absolute Gasteiger partial charge is 0.360 e. The maximum Gasteiger partial charge on any atom is 0.152 e. The molecule has 1 heterocycles. The normalized spacial score (nSPS) is 10.5. The van der Waals surface area contributed by atoms with Crippen LogP contribution >= 0.6 is 15.9 Å². The third-order valence-corrected chi connectivity index (χ3v) is 2.71. The zero-order chi connectivity index (χ0) is 9.26. The number of carbonyl (C=O) groups is 1. The molecule has 1 aromatic carbocycles. The van der Waals surface area contributed by atoms with E-state index in [4.69, 9.17) is 0 Å². The van der Waals surface area contributed by atoms with Gasteiger partial charge in [0, 0.05) is 28.0 Å². The monoisotopic (exact) mass is 237 g/mol. The number of halogens is 1. The van der Waals surface area contributed by atoms with Crippen molar-refractivity contribution in [2.24, 2.45) is 0 Å². The summed E-state index contributed by atoms with van der Waals surface area (Å²) in [6.45, 7) is 0. The Morgan fingerprint density at radius 2 is 2.31 bits per heavy atom. The van der Waals surface area contributed by atoms with E-state index >= 15 is 0 Å². The van der Waals surface area contributed by atoms with Crippen molar-refractivity contribution < 1.29 is 4.79 Å². The van der Waals surface area contributed by atoms with Crippen molar-refractivity contribution >= 4 is 33.1 Å². The molecule has 0 unspecified atom stereocenters. The number of nitrogens with one attached hydrogen (secondary N) is 1. The van der Waals surface area contributed by atoms with Crippen LogP contribution in [0.5, 0.6) is 0 Å². The minimum absolute atomic E-state index is 0.719. The molecule has 0 bridgehead atoms. The lowest BCUT2D eigenvalue weighted by atomic mass is 10.1. The van der Waals surface area contributed by atoms with Crippen molar-refractivity contribution in [3.8, 4) is 0 Å². The van der Waals surface area contributed by atoms with E-state index in [1.165, 1.54) is 5.56 Å². The van der Waals surface area contributed by atoms with Gasteiger partial charge in [-0.15, -0.1) is 0 Å². The summed E-state index contributed by atoms with van der Waals surface area (Å²) in [5.74, 6) is 0. The van der Waals surface area contributed by atoms with Gasteiger partial charge in [0.15, 0.2) is 6.29 Å². The molecule has 13 heavy (non-hydrogen) atoms. The van der Waals surface area contributed by atoms with Gasteiger partial charge in [0.1, 0.15) is 0 Å². The number of rotatable bonds is 2. The molecule has 0 spiro atoms. The molecule has 2 nitrogen and oxygen atoms in total. The fraction of sp³-hybridized carbons (Fsp3) is 0.100. The molecule has 3 heteroatoms. The fourth-order valence-electron chi connectivity index (χ4n) is 1.38. The van der Waals surface area contributed by atoms with E-state index in [0.29, 0.717) is 0 Å². The average Bonchev–Trinajstić information content (AvgIpc) is 2.59. The molecule has 1 aromatic heterocycles. The van der Waals surface area contributed by atoms with Crippen LogP contribution in [0.2, 0.25) is 0 Å². The lowest BCUT2D eigenvalue weighted by Gasteiger charge is -1.95. The van der Waals surface area contributed by atoms with Gasteiger partial charge in [0.25, 0.3) is 0 Å². The van der Waals surface area contributed by atoms with E-state index < -0.39 is 0 Å². The number of alkyl halides is 1. The van der Waals surface area contributed by atoms with Crippen LogP contribution in [0.3, 0.4) is 0 Å². The number of H-pyrrole nitrogens is 1. The molecule has 0 amide bonds. The van der Waals surface area contributed by atoms with E-state index in [2.05, 4.69) is 20.9 Å². The Morgan fingerprint density at radius 1 is 1.46 bits per heavy atom. The number of benzene rings is 1. The Hall–Kier alpha value is -1.09. The standard InChI is InChI=1S/C10H8BrNO/c11-4-7-1-2-9-8(6-13)5-12-10(9)3-7/h1-3,5-6,12H,4H2. The average molecular weight is 238 g/mol. The molecule has 0 aliphatic carbocycles. The predicted octanol–water partition coefficient (Wildman–Crippen LogP) is 2.88. The number of fused-ring (bicyclic) bond motifs is 1. The van der Waals surface area contributed by atoms with Gasteiger partial charge in [-0.2, -0.15) is 0 Å². The Balaban J connectivity index is 2.67. The molecular weight excluding hydrogens is 230 g/mol. The number of hydrogen-bond donors (Lipinski definition) is 1. The highest BCUT2D eigenvalue weighted by Crippen LogP contribution is 2.19. The molecule has 66 valence electrons. The molecule has 0 fully saturated rings. The Morgan fingerprint density at radius 3 is 3.00 bits per heavy atom. The molecule has 0 saturated carbocycles. The Kier molecular flexibility index (Phi) is 2.19. The van der Waals surface area contributed by atoms with E-state index in [-0.39, 0.29) is 0 Å². The topological polar surface area (TPSA) is 32.9 Å². The first-order valence-corrected chi connectivity index (χ1v) is 5.08. The second kappa shape index (κ2) is 3.34. The number of aldehydes is 1. The van der Waals surface area contributed by atoms with Gasteiger partial charge >= 0.3 is 0 Å². The van der Waals surface area contributed by atoms with Gasteiger partial charge in [0.05, 0.1) is 0 Å². The second-order valence-corrected chi connectivity index (χ2v) is 3.44. The van der Waals surface area contributed by atoms with Gasteiger partial charge in [-0.1, -0.05) is 28.1 Å². The summed E-state index contributed by atoms with van der Waals surface area (Å²) >= 11 is 3.38. The molecule has 2 rings (SSSR count). The first-order chi connectivity index (χ1) is 6.35. The third kappa shape index (κ3) is 1.40. The van der Waals surface area contributed by atoms with Crippen molar-refractivity contribution in [1.29, 1.82) is 0 Å². The number of aromatic nitrogens is 1. The van der Waals surface area contributed by atoms with Crippen LogP contribution in [-0.4, -0.2) is 11.3 Å². The summed E-state index contributed by atoms with van der Waals surface area (Å²) in [7, 11) is 0. The summed E-state index contributed by atoms with van der Waals surface area (Å²) < 4.78 is 0. The molecule has 0 saturated heterocycles. The SMILES string of the molecule is O=Cc1c[nH]c2cc(CBr)ccc12. The molecule has 0 atom stereocenters. The van der Waals surface area contributed by atoms with Gasteiger partial charge in [-0.25, -0.2) is 0 Å². The van der Waals surface area contributed by atoms with E-state index in [1.54, 1.807) is 6.20 Å². The van der Waals surface area contributed by atoms with Crippen molar-refractivity contribution in [3.05, 3.63) is 35.5 Å². The first-order valence-electron chi connectivity index (χ1n) is 3.96. The maximum absolute atomic E-state index is 10.6. The lowest BCUT2D eigenvalue weighted by molar-refractivity contribution is 0.112. The van der Waals surface area contributed by atoms with Crippen molar-refractivity contribution in [2.45, 2.75) is 5.33 Å². The van der Waals surface area contributed by atoms with E-state index in [9.17, 15) is 4.79 Å². The van der Waals surface area contributed by atoms with Crippen molar-refractivity contribution in [1.82, 2.24) is 4.98 Å². The fourth-order valence-corrected chi connectivity index (χ4v) is 1.73. The van der Waals surface area contributed by atoms with E-state index in [1.807, 2.05) is 18.2 Å². The molecule has 0 radical (unpaired) electrons. The van der Waals surface area contributed by atoms with Crippen LogP contribution in [0, 0.1) is 0 Å². The quantitative estimate of drug-likeness (QED) is 0.633.